The van der Waals surface area contributed by atoms with Crippen LogP contribution in [0.1, 0.15) is 18.2 Å². The maximum Gasteiger partial charge on any atom is 0.140 e. The number of hydrogen-bond acceptors (Lipinski definition) is 2. The van der Waals surface area contributed by atoms with Gasteiger partial charge in [-0.05, 0) is 40.6 Å². The summed E-state index contributed by atoms with van der Waals surface area (Å²) in [5.74, 6) is 0. The van der Waals surface area contributed by atoms with Gasteiger partial charge in [-0.25, -0.2) is 4.98 Å². The molecule has 56 valence electrons. The summed E-state index contributed by atoms with van der Waals surface area (Å²) in [5.41, 5.74) is 1.69. The monoisotopic (exact) mass is 258 g/mol. The second-order valence-electron chi connectivity index (χ2n) is 2.13. The third-order valence-corrected chi connectivity index (χ3v) is 2.40. The SMILES string of the molecule is CCc1cc(C#N)ncc1I. The summed E-state index contributed by atoms with van der Waals surface area (Å²) < 4.78 is 1.13. The van der Waals surface area contributed by atoms with Crippen LogP contribution in [0.5, 0.6) is 0 Å². The summed E-state index contributed by atoms with van der Waals surface area (Å²) >= 11 is 2.22. The van der Waals surface area contributed by atoms with Gasteiger partial charge in [0.25, 0.3) is 0 Å². The van der Waals surface area contributed by atoms with Crippen molar-refractivity contribution in [3.63, 3.8) is 0 Å². The molecular formula is C8H7IN2. The smallest absolute Gasteiger partial charge is 0.140 e. The highest BCUT2D eigenvalue weighted by atomic mass is 127. The normalized spacial score (nSPS) is 9.18. The first kappa shape index (κ1) is 8.47. The lowest BCUT2D eigenvalue weighted by Gasteiger charge is -1.98. The Hall–Kier alpha value is -0.630. The molecule has 0 radical (unpaired) electrons. The van der Waals surface area contributed by atoms with Gasteiger partial charge in [-0.15, -0.1) is 0 Å². The van der Waals surface area contributed by atoms with Crippen LogP contribution in [0, 0.1) is 14.9 Å². The molecule has 3 heteroatoms. The lowest BCUT2D eigenvalue weighted by atomic mass is 10.2. The second-order valence-corrected chi connectivity index (χ2v) is 3.29. The van der Waals surface area contributed by atoms with Gasteiger partial charge in [-0.2, -0.15) is 5.26 Å². The lowest BCUT2D eigenvalue weighted by Crippen LogP contribution is -1.90. The summed E-state index contributed by atoms with van der Waals surface area (Å²) in [5, 5.41) is 8.53. The molecule has 11 heavy (non-hydrogen) atoms. The predicted molar refractivity (Wildman–Crippen MR) is 51.0 cm³/mol. The van der Waals surface area contributed by atoms with Gasteiger partial charge < -0.3 is 0 Å². The van der Waals surface area contributed by atoms with Gasteiger partial charge in [0.2, 0.25) is 0 Å². The van der Waals surface area contributed by atoms with Crippen LogP contribution in [0.15, 0.2) is 12.3 Å². The highest BCUT2D eigenvalue weighted by molar-refractivity contribution is 14.1. The fraction of sp³-hybridized carbons (Fsp3) is 0.250. The number of hydrogen-bond donors (Lipinski definition) is 0. The van der Waals surface area contributed by atoms with Crippen molar-refractivity contribution in [1.29, 1.82) is 5.26 Å². The highest BCUT2D eigenvalue weighted by Gasteiger charge is 1.98. The van der Waals surface area contributed by atoms with E-state index in [1.807, 2.05) is 12.1 Å². The zero-order valence-electron chi connectivity index (χ0n) is 6.13. The molecule has 1 aromatic heterocycles. The minimum Gasteiger partial charge on any atom is -0.244 e. The highest BCUT2D eigenvalue weighted by Crippen LogP contribution is 2.11. The van der Waals surface area contributed by atoms with Crippen LogP contribution in [0.3, 0.4) is 0 Å². The first-order chi connectivity index (χ1) is 5.27. The molecule has 0 aliphatic rings. The van der Waals surface area contributed by atoms with Crippen molar-refractivity contribution in [3.05, 3.63) is 27.1 Å². The van der Waals surface area contributed by atoms with Crippen molar-refractivity contribution in [1.82, 2.24) is 4.98 Å². The van der Waals surface area contributed by atoms with E-state index in [-0.39, 0.29) is 0 Å². The Morgan fingerprint density at radius 1 is 1.73 bits per heavy atom. The summed E-state index contributed by atoms with van der Waals surface area (Å²) in [7, 11) is 0. The molecule has 0 aliphatic heterocycles. The first-order valence-electron chi connectivity index (χ1n) is 3.32. The van der Waals surface area contributed by atoms with Crippen molar-refractivity contribution in [2.24, 2.45) is 0 Å². The summed E-state index contributed by atoms with van der Waals surface area (Å²) in [4.78, 5) is 3.94. The number of aromatic nitrogens is 1. The quantitative estimate of drug-likeness (QED) is 0.723. The Labute approximate surface area is 79.4 Å². The Bertz CT molecular complexity index is 301. The summed E-state index contributed by atoms with van der Waals surface area (Å²) in [6, 6.07) is 3.85. The average molecular weight is 258 g/mol. The molecule has 0 bridgehead atoms. The molecule has 0 N–H and O–H groups in total. The van der Waals surface area contributed by atoms with Gasteiger partial charge in [-0.1, -0.05) is 6.92 Å². The molecule has 0 unspecified atom stereocenters. The van der Waals surface area contributed by atoms with E-state index in [1.54, 1.807) is 6.20 Å². The Morgan fingerprint density at radius 3 is 3.00 bits per heavy atom. The van der Waals surface area contributed by atoms with E-state index in [1.165, 1.54) is 5.56 Å². The van der Waals surface area contributed by atoms with Crippen molar-refractivity contribution in [3.8, 4) is 6.07 Å². The standard InChI is InChI=1S/C8H7IN2/c1-2-6-3-7(4-10)11-5-8(6)9/h3,5H,2H2,1H3. The number of nitrogens with zero attached hydrogens (tertiary/aromatic N) is 2. The van der Waals surface area contributed by atoms with Crippen LogP contribution < -0.4 is 0 Å². The van der Waals surface area contributed by atoms with Crippen LogP contribution in [-0.4, -0.2) is 4.98 Å². The fourth-order valence-corrected chi connectivity index (χ4v) is 1.49. The van der Waals surface area contributed by atoms with Crippen molar-refractivity contribution >= 4 is 22.6 Å². The molecule has 1 rings (SSSR count). The molecule has 0 atom stereocenters. The van der Waals surface area contributed by atoms with E-state index >= 15 is 0 Å². The summed E-state index contributed by atoms with van der Waals surface area (Å²) in [6.45, 7) is 2.07. The fourth-order valence-electron chi connectivity index (χ4n) is 0.812. The molecule has 1 heterocycles. The molecule has 2 nitrogen and oxygen atoms in total. The second kappa shape index (κ2) is 3.67. The van der Waals surface area contributed by atoms with E-state index in [0.29, 0.717) is 5.69 Å². The molecular weight excluding hydrogens is 251 g/mol. The van der Waals surface area contributed by atoms with Crippen LogP contribution >= 0.6 is 22.6 Å². The Balaban J connectivity index is 3.15. The van der Waals surface area contributed by atoms with Crippen LogP contribution in [0.25, 0.3) is 0 Å². The topological polar surface area (TPSA) is 36.7 Å². The molecule has 0 amide bonds. The van der Waals surface area contributed by atoms with Crippen molar-refractivity contribution in [2.75, 3.05) is 0 Å². The van der Waals surface area contributed by atoms with E-state index in [0.717, 1.165) is 9.99 Å². The van der Waals surface area contributed by atoms with Gasteiger partial charge in [0, 0.05) is 9.77 Å². The molecule has 0 spiro atoms. The number of halogens is 1. The van der Waals surface area contributed by atoms with E-state index in [4.69, 9.17) is 5.26 Å². The molecule has 0 saturated heterocycles. The molecule has 0 aromatic carbocycles. The van der Waals surface area contributed by atoms with Gasteiger partial charge in [0.15, 0.2) is 0 Å². The minimum atomic E-state index is 0.502. The number of aryl methyl sites for hydroxylation is 1. The molecule has 0 saturated carbocycles. The largest absolute Gasteiger partial charge is 0.244 e. The maximum atomic E-state index is 8.53. The average Bonchev–Trinajstić information content (AvgIpc) is 2.05. The van der Waals surface area contributed by atoms with E-state index < -0.39 is 0 Å². The zero-order chi connectivity index (χ0) is 8.27. The predicted octanol–water partition coefficient (Wildman–Crippen LogP) is 2.12. The zero-order valence-corrected chi connectivity index (χ0v) is 8.29. The Morgan fingerprint density at radius 2 is 2.45 bits per heavy atom. The van der Waals surface area contributed by atoms with Gasteiger partial charge in [0.05, 0.1) is 0 Å². The lowest BCUT2D eigenvalue weighted by molar-refractivity contribution is 1.09. The first-order valence-corrected chi connectivity index (χ1v) is 4.40. The van der Waals surface area contributed by atoms with E-state index in [2.05, 4.69) is 34.5 Å². The van der Waals surface area contributed by atoms with Crippen LogP contribution in [-0.2, 0) is 6.42 Å². The van der Waals surface area contributed by atoms with Crippen LogP contribution in [0.2, 0.25) is 0 Å². The third-order valence-electron chi connectivity index (χ3n) is 1.43. The van der Waals surface area contributed by atoms with Crippen molar-refractivity contribution < 1.29 is 0 Å². The maximum absolute atomic E-state index is 8.53. The number of rotatable bonds is 1. The molecule has 0 aliphatic carbocycles. The third kappa shape index (κ3) is 1.90. The molecule has 0 fully saturated rings. The molecule has 1 aromatic rings. The number of pyridine rings is 1. The van der Waals surface area contributed by atoms with E-state index in [9.17, 15) is 0 Å². The summed E-state index contributed by atoms with van der Waals surface area (Å²) in [6.07, 6.45) is 2.69. The van der Waals surface area contributed by atoms with Crippen LogP contribution in [0.4, 0.5) is 0 Å². The van der Waals surface area contributed by atoms with Crippen molar-refractivity contribution in [2.45, 2.75) is 13.3 Å². The van der Waals surface area contributed by atoms with Gasteiger partial charge in [0.1, 0.15) is 11.8 Å². The minimum absolute atomic E-state index is 0.502. The van der Waals surface area contributed by atoms with Gasteiger partial charge >= 0.3 is 0 Å². The van der Waals surface area contributed by atoms with Gasteiger partial charge in [-0.3, -0.25) is 0 Å². The Kier molecular flexibility index (Phi) is 2.83. The number of nitriles is 1.